The van der Waals surface area contributed by atoms with Crippen molar-refractivity contribution in [1.82, 2.24) is 0 Å². The van der Waals surface area contributed by atoms with Gasteiger partial charge in [0.2, 0.25) is 0 Å². The van der Waals surface area contributed by atoms with E-state index in [0.29, 0.717) is 13.2 Å². The van der Waals surface area contributed by atoms with Gasteiger partial charge in [0.15, 0.2) is 0 Å². The minimum absolute atomic E-state index is 0.166. The van der Waals surface area contributed by atoms with Crippen LogP contribution in [0.15, 0.2) is 24.3 Å². The SMILES string of the molecule is COC(C)(C)CCOCc1ccc(C(C)C(=O)O)cc1. The maximum atomic E-state index is 10.9. The molecule has 0 aliphatic rings. The third kappa shape index (κ3) is 5.31. The molecule has 0 amide bonds. The van der Waals surface area contributed by atoms with Crippen molar-refractivity contribution in [3.63, 3.8) is 0 Å². The van der Waals surface area contributed by atoms with Crippen molar-refractivity contribution in [3.8, 4) is 0 Å². The van der Waals surface area contributed by atoms with Gasteiger partial charge in [0.05, 0.1) is 18.1 Å². The second-order valence-corrected chi connectivity index (χ2v) is 5.57. The minimum Gasteiger partial charge on any atom is -0.481 e. The minimum atomic E-state index is -0.809. The average molecular weight is 280 g/mol. The molecule has 1 N–H and O–H groups in total. The maximum absolute atomic E-state index is 10.9. The zero-order valence-electron chi connectivity index (χ0n) is 12.7. The molecule has 112 valence electrons. The molecule has 0 fully saturated rings. The Balaban J connectivity index is 2.41. The highest BCUT2D eigenvalue weighted by atomic mass is 16.5. The fourth-order valence-corrected chi connectivity index (χ4v) is 1.66. The standard InChI is InChI=1S/C16H24O4/c1-12(15(17)18)14-7-5-13(6-8-14)11-20-10-9-16(2,3)19-4/h5-8,12H,9-11H2,1-4H3,(H,17,18). The molecule has 0 heterocycles. The van der Waals surface area contributed by atoms with E-state index in [1.165, 1.54) is 0 Å². The van der Waals surface area contributed by atoms with E-state index in [1.54, 1.807) is 14.0 Å². The highest BCUT2D eigenvalue weighted by molar-refractivity contribution is 5.75. The Morgan fingerprint density at radius 3 is 2.40 bits per heavy atom. The second kappa shape index (κ2) is 7.41. The van der Waals surface area contributed by atoms with Crippen LogP contribution in [-0.2, 0) is 20.9 Å². The molecule has 4 nitrogen and oxygen atoms in total. The number of aliphatic carboxylic acids is 1. The van der Waals surface area contributed by atoms with Gasteiger partial charge >= 0.3 is 5.97 Å². The topological polar surface area (TPSA) is 55.8 Å². The van der Waals surface area contributed by atoms with Crippen LogP contribution in [-0.4, -0.2) is 30.4 Å². The number of hydrogen-bond acceptors (Lipinski definition) is 3. The third-order valence-electron chi connectivity index (χ3n) is 3.52. The van der Waals surface area contributed by atoms with E-state index in [4.69, 9.17) is 14.6 Å². The van der Waals surface area contributed by atoms with Gasteiger partial charge in [-0.1, -0.05) is 24.3 Å². The lowest BCUT2D eigenvalue weighted by molar-refractivity contribution is -0.138. The Morgan fingerprint density at radius 2 is 1.90 bits per heavy atom. The Morgan fingerprint density at radius 1 is 1.30 bits per heavy atom. The van der Waals surface area contributed by atoms with Crippen molar-refractivity contribution < 1.29 is 19.4 Å². The van der Waals surface area contributed by atoms with Gasteiger partial charge in [-0.15, -0.1) is 0 Å². The molecule has 1 unspecified atom stereocenters. The number of carbonyl (C=O) groups is 1. The number of carboxylic acid groups (broad SMARTS) is 1. The summed E-state index contributed by atoms with van der Waals surface area (Å²) in [5.74, 6) is -1.29. The highest BCUT2D eigenvalue weighted by Crippen LogP contribution is 2.17. The van der Waals surface area contributed by atoms with Crippen LogP contribution in [0, 0.1) is 0 Å². The summed E-state index contributed by atoms with van der Waals surface area (Å²) >= 11 is 0. The molecule has 1 rings (SSSR count). The van der Waals surface area contributed by atoms with Gasteiger partial charge in [-0.3, -0.25) is 4.79 Å². The molecular formula is C16H24O4. The Hall–Kier alpha value is -1.39. The molecule has 0 aliphatic carbocycles. The van der Waals surface area contributed by atoms with Crippen LogP contribution < -0.4 is 0 Å². The molecule has 1 atom stereocenters. The van der Waals surface area contributed by atoms with Crippen molar-refractivity contribution in [2.75, 3.05) is 13.7 Å². The third-order valence-corrected chi connectivity index (χ3v) is 3.52. The smallest absolute Gasteiger partial charge is 0.310 e. The summed E-state index contributed by atoms with van der Waals surface area (Å²) in [5.41, 5.74) is 1.68. The molecule has 0 radical (unpaired) electrons. The van der Waals surface area contributed by atoms with E-state index in [2.05, 4.69) is 0 Å². The Kier molecular flexibility index (Phi) is 6.17. The Labute approximate surface area is 120 Å². The lowest BCUT2D eigenvalue weighted by Crippen LogP contribution is -2.24. The number of benzene rings is 1. The molecule has 4 heteroatoms. The first kappa shape index (κ1) is 16.7. The first-order valence-electron chi connectivity index (χ1n) is 6.80. The van der Waals surface area contributed by atoms with Gasteiger partial charge in [0.1, 0.15) is 0 Å². The molecule has 0 bridgehead atoms. The van der Waals surface area contributed by atoms with Crippen molar-refractivity contribution >= 4 is 5.97 Å². The number of rotatable bonds is 8. The van der Waals surface area contributed by atoms with Crippen LogP contribution >= 0.6 is 0 Å². The van der Waals surface area contributed by atoms with Crippen LogP contribution in [0.1, 0.15) is 44.2 Å². The van der Waals surface area contributed by atoms with Crippen molar-refractivity contribution in [2.24, 2.45) is 0 Å². The highest BCUT2D eigenvalue weighted by Gasteiger charge is 2.15. The fourth-order valence-electron chi connectivity index (χ4n) is 1.66. The lowest BCUT2D eigenvalue weighted by atomic mass is 10.0. The van der Waals surface area contributed by atoms with Gasteiger partial charge < -0.3 is 14.6 Å². The number of ether oxygens (including phenoxy) is 2. The van der Waals surface area contributed by atoms with E-state index in [9.17, 15) is 4.79 Å². The summed E-state index contributed by atoms with van der Waals surface area (Å²) < 4.78 is 10.9. The van der Waals surface area contributed by atoms with E-state index >= 15 is 0 Å². The van der Waals surface area contributed by atoms with Gasteiger partial charge in [0.25, 0.3) is 0 Å². The molecule has 1 aromatic carbocycles. The zero-order chi connectivity index (χ0) is 15.2. The summed E-state index contributed by atoms with van der Waals surface area (Å²) in [5, 5.41) is 8.94. The zero-order valence-corrected chi connectivity index (χ0v) is 12.7. The maximum Gasteiger partial charge on any atom is 0.310 e. The monoisotopic (exact) mass is 280 g/mol. The summed E-state index contributed by atoms with van der Waals surface area (Å²) in [6.07, 6.45) is 0.831. The van der Waals surface area contributed by atoms with E-state index in [1.807, 2.05) is 38.1 Å². The number of carboxylic acids is 1. The summed E-state index contributed by atoms with van der Waals surface area (Å²) in [7, 11) is 1.70. The fraction of sp³-hybridized carbons (Fsp3) is 0.562. The molecule has 0 saturated heterocycles. The lowest BCUT2D eigenvalue weighted by Gasteiger charge is -2.22. The Bertz CT molecular complexity index is 423. The number of hydrogen-bond donors (Lipinski definition) is 1. The van der Waals surface area contributed by atoms with Gasteiger partial charge in [-0.25, -0.2) is 0 Å². The van der Waals surface area contributed by atoms with Crippen LogP contribution in [0.5, 0.6) is 0 Å². The average Bonchev–Trinajstić information content (AvgIpc) is 2.43. The molecule has 1 aromatic rings. The molecule has 0 saturated carbocycles. The molecular weight excluding hydrogens is 256 g/mol. The first-order chi connectivity index (χ1) is 9.35. The normalized spacial score (nSPS) is 13.2. The molecule has 0 aromatic heterocycles. The van der Waals surface area contributed by atoms with Crippen LogP contribution in [0.3, 0.4) is 0 Å². The van der Waals surface area contributed by atoms with Crippen LogP contribution in [0.2, 0.25) is 0 Å². The van der Waals surface area contributed by atoms with E-state index in [0.717, 1.165) is 17.5 Å². The van der Waals surface area contributed by atoms with Crippen LogP contribution in [0.25, 0.3) is 0 Å². The second-order valence-electron chi connectivity index (χ2n) is 5.57. The van der Waals surface area contributed by atoms with Gasteiger partial charge in [-0.2, -0.15) is 0 Å². The summed E-state index contributed by atoms with van der Waals surface area (Å²) in [6.45, 7) is 6.90. The molecule has 0 spiro atoms. The van der Waals surface area contributed by atoms with Crippen molar-refractivity contribution in [3.05, 3.63) is 35.4 Å². The van der Waals surface area contributed by atoms with Crippen LogP contribution in [0.4, 0.5) is 0 Å². The predicted octanol–water partition coefficient (Wildman–Crippen LogP) is 3.21. The largest absolute Gasteiger partial charge is 0.481 e. The van der Waals surface area contributed by atoms with Gasteiger partial charge in [0, 0.05) is 13.7 Å². The van der Waals surface area contributed by atoms with Crippen molar-refractivity contribution in [2.45, 2.75) is 45.3 Å². The van der Waals surface area contributed by atoms with E-state index < -0.39 is 11.9 Å². The van der Waals surface area contributed by atoms with E-state index in [-0.39, 0.29) is 5.60 Å². The van der Waals surface area contributed by atoms with Crippen molar-refractivity contribution in [1.29, 1.82) is 0 Å². The molecule has 20 heavy (non-hydrogen) atoms. The van der Waals surface area contributed by atoms with Gasteiger partial charge in [-0.05, 0) is 38.3 Å². The predicted molar refractivity (Wildman–Crippen MR) is 77.9 cm³/mol. The first-order valence-corrected chi connectivity index (χ1v) is 6.80. The quantitative estimate of drug-likeness (QED) is 0.743. The summed E-state index contributed by atoms with van der Waals surface area (Å²) in [4.78, 5) is 10.9. The summed E-state index contributed by atoms with van der Waals surface area (Å²) in [6, 6.07) is 7.51. The molecule has 0 aliphatic heterocycles. The number of methoxy groups -OCH3 is 1.